The Morgan fingerprint density at radius 1 is 0.697 bits per heavy atom. The van der Waals surface area contributed by atoms with Gasteiger partial charge in [-0.3, -0.25) is 0 Å². The van der Waals surface area contributed by atoms with Crippen molar-refractivity contribution in [2.24, 2.45) is 0 Å². The molecule has 1 heterocycles. The van der Waals surface area contributed by atoms with Gasteiger partial charge in [-0.15, -0.1) is 0 Å². The van der Waals surface area contributed by atoms with Crippen LogP contribution in [-0.4, -0.2) is 12.7 Å². The molecule has 0 amide bonds. The maximum atomic E-state index is 6.23. The van der Waals surface area contributed by atoms with Gasteiger partial charge >= 0.3 is 7.12 Å². The third-order valence-corrected chi connectivity index (χ3v) is 6.01. The van der Waals surface area contributed by atoms with Crippen LogP contribution in [0, 0.1) is 0 Å². The number of rotatable bonds is 5. The van der Waals surface area contributed by atoms with Gasteiger partial charge in [0.2, 0.25) is 0 Å². The summed E-state index contributed by atoms with van der Waals surface area (Å²) in [6, 6.07) is 35.5. The fourth-order valence-corrected chi connectivity index (χ4v) is 3.97. The number of benzene rings is 4. The lowest BCUT2D eigenvalue weighted by Crippen LogP contribution is -2.36. The van der Waals surface area contributed by atoms with Gasteiger partial charge in [0.25, 0.3) is 0 Å². The van der Waals surface area contributed by atoms with Crippen molar-refractivity contribution in [3.63, 3.8) is 0 Å². The molecule has 0 radical (unpaired) electrons. The standard InChI is InChI=1S/C29H26BNO2/c1-21-29(2,3)33-30(32-21)27-20-25(23-12-8-5-9-13-23)16-19-28(27)31-26-17-14-24(15-18-26)22-10-6-4-7-11-22/h4-20,31H,1H2,2-3H3. The van der Waals surface area contributed by atoms with Crippen molar-refractivity contribution in [1.82, 2.24) is 0 Å². The molecule has 0 bridgehead atoms. The van der Waals surface area contributed by atoms with E-state index in [4.69, 9.17) is 9.31 Å². The molecular formula is C29H26BNO2. The van der Waals surface area contributed by atoms with Crippen LogP contribution in [0.5, 0.6) is 0 Å². The van der Waals surface area contributed by atoms with E-state index < -0.39 is 12.7 Å². The maximum Gasteiger partial charge on any atom is 0.565 e. The van der Waals surface area contributed by atoms with Crippen molar-refractivity contribution in [3.05, 3.63) is 115 Å². The Labute approximate surface area is 195 Å². The topological polar surface area (TPSA) is 30.5 Å². The van der Waals surface area contributed by atoms with E-state index in [1.165, 1.54) is 11.1 Å². The lowest BCUT2D eigenvalue weighted by molar-refractivity contribution is 0.173. The Bertz CT molecular complexity index is 1270. The van der Waals surface area contributed by atoms with E-state index in [1.54, 1.807) is 0 Å². The van der Waals surface area contributed by atoms with E-state index >= 15 is 0 Å². The van der Waals surface area contributed by atoms with E-state index in [1.807, 2.05) is 38.1 Å². The summed E-state index contributed by atoms with van der Waals surface area (Å²) in [5.74, 6) is 0.635. The van der Waals surface area contributed by atoms with E-state index in [0.29, 0.717) is 5.76 Å². The van der Waals surface area contributed by atoms with Crippen LogP contribution < -0.4 is 10.8 Å². The van der Waals surface area contributed by atoms with Crippen LogP contribution in [0.3, 0.4) is 0 Å². The highest BCUT2D eigenvalue weighted by Crippen LogP contribution is 2.32. The van der Waals surface area contributed by atoms with Gasteiger partial charge < -0.3 is 14.6 Å². The first-order valence-corrected chi connectivity index (χ1v) is 11.2. The maximum absolute atomic E-state index is 6.23. The van der Waals surface area contributed by atoms with E-state index in [0.717, 1.165) is 28.0 Å². The molecule has 1 saturated heterocycles. The lowest BCUT2D eigenvalue weighted by atomic mass is 9.76. The lowest BCUT2D eigenvalue weighted by Gasteiger charge is -2.17. The largest absolute Gasteiger partial charge is 0.565 e. The molecule has 0 unspecified atom stereocenters. The van der Waals surface area contributed by atoms with E-state index in [2.05, 4.69) is 90.8 Å². The number of hydrogen-bond donors (Lipinski definition) is 1. The zero-order valence-corrected chi connectivity index (χ0v) is 18.9. The second-order valence-corrected chi connectivity index (χ2v) is 8.74. The molecule has 0 aliphatic carbocycles. The minimum Gasteiger partial charge on any atom is -0.534 e. The number of nitrogens with one attached hydrogen (secondary N) is 1. The van der Waals surface area contributed by atoms with Crippen molar-refractivity contribution in [2.45, 2.75) is 19.4 Å². The van der Waals surface area contributed by atoms with Gasteiger partial charge in [-0.25, -0.2) is 0 Å². The highest BCUT2D eigenvalue weighted by atomic mass is 16.7. The van der Waals surface area contributed by atoms with Crippen LogP contribution in [0.25, 0.3) is 22.3 Å². The second-order valence-electron chi connectivity index (χ2n) is 8.74. The zero-order valence-electron chi connectivity index (χ0n) is 18.9. The predicted octanol–water partition coefficient (Wildman–Crippen LogP) is 6.80. The molecular weight excluding hydrogens is 405 g/mol. The van der Waals surface area contributed by atoms with Gasteiger partial charge in [-0.1, -0.05) is 91.5 Å². The molecule has 4 heteroatoms. The molecule has 33 heavy (non-hydrogen) atoms. The monoisotopic (exact) mass is 431 g/mol. The first kappa shape index (κ1) is 21.1. The molecule has 1 aliphatic rings. The number of hydrogen-bond acceptors (Lipinski definition) is 3. The Balaban J connectivity index is 1.48. The molecule has 5 rings (SSSR count). The molecule has 1 N–H and O–H groups in total. The Kier molecular flexibility index (Phi) is 5.53. The summed E-state index contributed by atoms with van der Waals surface area (Å²) in [7, 11) is -0.526. The zero-order chi connectivity index (χ0) is 22.8. The van der Waals surface area contributed by atoms with Gasteiger partial charge in [0, 0.05) is 16.8 Å². The van der Waals surface area contributed by atoms with Crippen LogP contribution in [0.4, 0.5) is 11.4 Å². The average molecular weight is 431 g/mol. The van der Waals surface area contributed by atoms with Crippen molar-refractivity contribution in [2.75, 3.05) is 5.32 Å². The quantitative estimate of drug-likeness (QED) is 0.353. The van der Waals surface area contributed by atoms with Gasteiger partial charge in [-0.2, -0.15) is 0 Å². The summed E-state index contributed by atoms with van der Waals surface area (Å²) in [5.41, 5.74) is 6.98. The average Bonchev–Trinajstić information content (AvgIpc) is 3.13. The first-order chi connectivity index (χ1) is 16.0. The summed E-state index contributed by atoms with van der Waals surface area (Å²) in [6.07, 6.45) is 0. The van der Waals surface area contributed by atoms with Crippen molar-refractivity contribution >= 4 is 24.0 Å². The first-order valence-electron chi connectivity index (χ1n) is 11.2. The van der Waals surface area contributed by atoms with Gasteiger partial charge in [0.05, 0.1) is 5.76 Å². The van der Waals surface area contributed by atoms with Crippen LogP contribution in [-0.2, 0) is 9.31 Å². The molecule has 4 aromatic carbocycles. The van der Waals surface area contributed by atoms with E-state index in [9.17, 15) is 0 Å². The smallest absolute Gasteiger partial charge is 0.534 e. The van der Waals surface area contributed by atoms with Crippen LogP contribution in [0.1, 0.15) is 13.8 Å². The van der Waals surface area contributed by atoms with Gasteiger partial charge in [0.15, 0.2) is 0 Å². The summed E-state index contributed by atoms with van der Waals surface area (Å²) in [4.78, 5) is 0. The van der Waals surface area contributed by atoms with E-state index in [-0.39, 0.29) is 0 Å². The summed E-state index contributed by atoms with van der Waals surface area (Å²) < 4.78 is 12.3. The fourth-order valence-electron chi connectivity index (χ4n) is 3.97. The molecule has 1 fully saturated rings. The molecule has 162 valence electrons. The van der Waals surface area contributed by atoms with Crippen LogP contribution in [0.15, 0.2) is 115 Å². The number of anilines is 2. The third-order valence-electron chi connectivity index (χ3n) is 6.01. The normalized spacial score (nSPS) is 14.7. The SMILES string of the molecule is C=C1OB(c2cc(-c3ccccc3)ccc2Nc2ccc(-c3ccccc3)cc2)OC1(C)C. The minimum atomic E-state index is -0.540. The summed E-state index contributed by atoms with van der Waals surface area (Å²) in [6.45, 7) is 8.00. The predicted molar refractivity (Wildman–Crippen MR) is 138 cm³/mol. The Hall–Kier alpha value is -3.76. The highest BCUT2D eigenvalue weighted by Gasteiger charge is 2.44. The highest BCUT2D eigenvalue weighted by molar-refractivity contribution is 6.64. The second kappa shape index (κ2) is 8.65. The van der Waals surface area contributed by atoms with Gasteiger partial charge in [0.1, 0.15) is 5.60 Å². The molecule has 0 spiro atoms. The van der Waals surface area contributed by atoms with Crippen molar-refractivity contribution < 1.29 is 9.31 Å². The summed E-state index contributed by atoms with van der Waals surface area (Å²) in [5, 5.41) is 3.56. The Morgan fingerprint density at radius 3 is 1.82 bits per heavy atom. The molecule has 0 aromatic heterocycles. The van der Waals surface area contributed by atoms with Crippen molar-refractivity contribution in [1.29, 1.82) is 0 Å². The fraction of sp³-hybridized carbons (Fsp3) is 0.103. The molecule has 1 aliphatic heterocycles. The van der Waals surface area contributed by atoms with Gasteiger partial charge in [-0.05, 0) is 54.3 Å². The third kappa shape index (κ3) is 4.43. The molecule has 4 aromatic rings. The van der Waals surface area contributed by atoms with Crippen LogP contribution in [0.2, 0.25) is 0 Å². The molecule has 0 saturated carbocycles. The summed E-state index contributed by atoms with van der Waals surface area (Å²) >= 11 is 0. The Morgan fingerprint density at radius 2 is 1.24 bits per heavy atom. The molecule has 3 nitrogen and oxygen atoms in total. The molecule has 0 atom stereocenters. The minimum absolute atomic E-state index is 0.526. The van der Waals surface area contributed by atoms with Crippen molar-refractivity contribution in [3.8, 4) is 22.3 Å². The van der Waals surface area contributed by atoms with Crippen LogP contribution >= 0.6 is 0 Å².